The van der Waals surface area contributed by atoms with Crippen LogP contribution in [0.15, 0.2) is 24.3 Å². The van der Waals surface area contributed by atoms with Crippen molar-refractivity contribution in [1.82, 2.24) is 0 Å². The van der Waals surface area contributed by atoms with Crippen LogP contribution in [0.4, 0.5) is 0 Å². The SMILES string of the molecule is CC(C)c1cccc(OC(=O)CCC(=O)O)c1. The van der Waals surface area contributed by atoms with E-state index in [1.54, 1.807) is 12.1 Å². The minimum atomic E-state index is -1.00. The average molecular weight is 236 g/mol. The summed E-state index contributed by atoms with van der Waals surface area (Å²) in [6.45, 7) is 4.09. The highest BCUT2D eigenvalue weighted by Gasteiger charge is 2.08. The number of carboxylic acids is 1. The Bertz CT molecular complexity index is 410. The summed E-state index contributed by atoms with van der Waals surface area (Å²) in [5.41, 5.74) is 1.08. The van der Waals surface area contributed by atoms with Crippen LogP contribution in [0.5, 0.6) is 5.75 Å². The van der Waals surface area contributed by atoms with E-state index in [4.69, 9.17) is 9.84 Å². The Kier molecular flexibility index (Phi) is 4.69. The monoisotopic (exact) mass is 236 g/mol. The molecule has 0 fully saturated rings. The molecular formula is C13H16O4. The molecule has 0 heterocycles. The molecule has 0 amide bonds. The van der Waals surface area contributed by atoms with Crippen LogP contribution in [0.25, 0.3) is 0 Å². The van der Waals surface area contributed by atoms with Gasteiger partial charge in [0.25, 0.3) is 0 Å². The van der Waals surface area contributed by atoms with E-state index in [0.717, 1.165) is 5.56 Å². The first-order valence-electron chi connectivity index (χ1n) is 5.51. The zero-order valence-corrected chi connectivity index (χ0v) is 9.97. The topological polar surface area (TPSA) is 63.6 Å². The van der Waals surface area contributed by atoms with E-state index in [1.807, 2.05) is 26.0 Å². The van der Waals surface area contributed by atoms with Gasteiger partial charge in [-0.15, -0.1) is 0 Å². The molecule has 4 nitrogen and oxygen atoms in total. The molecule has 0 saturated carbocycles. The van der Waals surface area contributed by atoms with E-state index < -0.39 is 11.9 Å². The van der Waals surface area contributed by atoms with Crippen LogP contribution < -0.4 is 4.74 Å². The number of hydrogen-bond acceptors (Lipinski definition) is 3. The molecule has 0 aromatic heterocycles. The van der Waals surface area contributed by atoms with Crippen LogP contribution in [0.1, 0.15) is 38.2 Å². The van der Waals surface area contributed by atoms with Crippen molar-refractivity contribution in [3.63, 3.8) is 0 Å². The third kappa shape index (κ3) is 4.68. The van der Waals surface area contributed by atoms with Gasteiger partial charge >= 0.3 is 11.9 Å². The van der Waals surface area contributed by atoms with Gasteiger partial charge in [-0.25, -0.2) is 0 Å². The van der Waals surface area contributed by atoms with E-state index in [-0.39, 0.29) is 12.8 Å². The Labute approximate surface area is 100 Å². The van der Waals surface area contributed by atoms with Crippen molar-refractivity contribution < 1.29 is 19.4 Å². The van der Waals surface area contributed by atoms with Crippen molar-refractivity contribution in [3.8, 4) is 5.75 Å². The van der Waals surface area contributed by atoms with Crippen LogP contribution in [0, 0.1) is 0 Å². The highest BCUT2D eigenvalue weighted by molar-refractivity contribution is 5.78. The van der Waals surface area contributed by atoms with Crippen molar-refractivity contribution in [2.75, 3.05) is 0 Å². The fourth-order valence-corrected chi connectivity index (χ4v) is 1.33. The molecule has 0 radical (unpaired) electrons. The molecule has 0 spiro atoms. The molecule has 4 heteroatoms. The van der Waals surface area contributed by atoms with Gasteiger partial charge in [-0.2, -0.15) is 0 Å². The predicted octanol–water partition coefficient (Wildman–Crippen LogP) is 2.58. The van der Waals surface area contributed by atoms with Gasteiger partial charge in [-0.3, -0.25) is 9.59 Å². The van der Waals surface area contributed by atoms with E-state index in [0.29, 0.717) is 11.7 Å². The van der Waals surface area contributed by atoms with Crippen LogP contribution in [0.3, 0.4) is 0 Å². The smallest absolute Gasteiger partial charge is 0.311 e. The van der Waals surface area contributed by atoms with Crippen molar-refractivity contribution in [2.45, 2.75) is 32.6 Å². The zero-order chi connectivity index (χ0) is 12.8. The standard InChI is InChI=1S/C13H16O4/c1-9(2)10-4-3-5-11(8-10)17-13(16)7-6-12(14)15/h3-5,8-9H,6-7H2,1-2H3,(H,14,15). The molecule has 17 heavy (non-hydrogen) atoms. The van der Waals surface area contributed by atoms with Crippen LogP contribution in [-0.2, 0) is 9.59 Å². The van der Waals surface area contributed by atoms with Crippen molar-refractivity contribution in [3.05, 3.63) is 29.8 Å². The lowest BCUT2D eigenvalue weighted by Gasteiger charge is -2.08. The first-order valence-corrected chi connectivity index (χ1v) is 5.51. The Morgan fingerprint density at radius 2 is 2.00 bits per heavy atom. The second-order valence-corrected chi connectivity index (χ2v) is 4.09. The highest BCUT2D eigenvalue weighted by atomic mass is 16.5. The summed E-state index contributed by atoms with van der Waals surface area (Å²) in [7, 11) is 0. The number of esters is 1. The van der Waals surface area contributed by atoms with E-state index >= 15 is 0 Å². The molecule has 0 saturated heterocycles. The number of ether oxygens (including phenoxy) is 1. The van der Waals surface area contributed by atoms with Crippen molar-refractivity contribution >= 4 is 11.9 Å². The third-order valence-corrected chi connectivity index (χ3v) is 2.30. The number of aliphatic carboxylic acids is 1. The number of hydrogen-bond donors (Lipinski definition) is 1. The first-order chi connectivity index (χ1) is 7.99. The van der Waals surface area contributed by atoms with Crippen LogP contribution in [0.2, 0.25) is 0 Å². The van der Waals surface area contributed by atoms with Crippen LogP contribution in [-0.4, -0.2) is 17.0 Å². The molecular weight excluding hydrogens is 220 g/mol. The summed E-state index contributed by atoms with van der Waals surface area (Å²) in [6, 6.07) is 7.25. The van der Waals surface area contributed by atoms with Gasteiger partial charge in [-0.05, 0) is 23.6 Å². The zero-order valence-electron chi connectivity index (χ0n) is 9.97. The summed E-state index contributed by atoms with van der Waals surface area (Å²) in [5, 5.41) is 8.44. The summed E-state index contributed by atoms with van der Waals surface area (Å²) >= 11 is 0. The average Bonchev–Trinajstić information content (AvgIpc) is 2.26. The van der Waals surface area contributed by atoms with Gasteiger partial charge in [0.05, 0.1) is 12.8 Å². The molecule has 0 aliphatic carbocycles. The van der Waals surface area contributed by atoms with Gasteiger partial charge in [0.1, 0.15) is 5.75 Å². The second kappa shape index (κ2) is 6.03. The van der Waals surface area contributed by atoms with E-state index in [2.05, 4.69) is 0 Å². The molecule has 1 N–H and O–H groups in total. The minimum absolute atomic E-state index is 0.110. The number of carbonyl (C=O) groups is 2. The second-order valence-electron chi connectivity index (χ2n) is 4.09. The molecule has 0 atom stereocenters. The van der Waals surface area contributed by atoms with Gasteiger partial charge < -0.3 is 9.84 Å². The first kappa shape index (κ1) is 13.2. The molecule has 0 bridgehead atoms. The maximum absolute atomic E-state index is 11.3. The normalized spacial score (nSPS) is 10.3. The Balaban J connectivity index is 2.59. The number of carboxylic acid groups (broad SMARTS) is 1. The highest BCUT2D eigenvalue weighted by Crippen LogP contribution is 2.20. The lowest BCUT2D eigenvalue weighted by atomic mass is 10.0. The molecule has 1 aromatic carbocycles. The summed E-state index contributed by atoms with van der Waals surface area (Å²) in [5.74, 6) is -0.703. The molecule has 0 unspecified atom stereocenters. The molecule has 92 valence electrons. The minimum Gasteiger partial charge on any atom is -0.481 e. The number of benzene rings is 1. The maximum atomic E-state index is 11.3. The fraction of sp³-hybridized carbons (Fsp3) is 0.385. The van der Waals surface area contributed by atoms with Gasteiger partial charge in [-0.1, -0.05) is 26.0 Å². The summed E-state index contributed by atoms with van der Waals surface area (Å²) in [4.78, 5) is 21.6. The number of rotatable bonds is 5. The molecule has 0 aliphatic heterocycles. The Morgan fingerprint density at radius 1 is 1.29 bits per heavy atom. The van der Waals surface area contributed by atoms with Crippen molar-refractivity contribution in [2.24, 2.45) is 0 Å². The molecule has 1 rings (SSSR count). The summed E-state index contributed by atoms with van der Waals surface area (Å²) < 4.78 is 5.05. The predicted molar refractivity (Wildman–Crippen MR) is 63.0 cm³/mol. The number of carbonyl (C=O) groups excluding carboxylic acids is 1. The van der Waals surface area contributed by atoms with E-state index in [1.165, 1.54) is 0 Å². The van der Waals surface area contributed by atoms with Crippen LogP contribution >= 0.6 is 0 Å². The third-order valence-electron chi connectivity index (χ3n) is 2.30. The van der Waals surface area contributed by atoms with Gasteiger partial charge in [0, 0.05) is 0 Å². The van der Waals surface area contributed by atoms with Gasteiger partial charge in [0.15, 0.2) is 0 Å². The maximum Gasteiger partial charge on any atom is 0.311 e. The van der Waals surface area contributed by atoms with E-state index in [9.17, 15) is 9.59 Å². The quantitative estimate of drug-likeness (QED) is 0.630. The Morgan fingerprint density at radius 3 is 2.59 bits per heavy atom. The lowest BCUT2D eigenvalue weighted by Crippen LogP contribution is -2.10. The molecule has 1 aromatic rings. The largest absolute Gasteiger partial charge is 0.481 e. The Hall–Kier alpha value is -1.84. The fourth-order valence-electron chi connectivity index (χ4n) is 1.33. The van der Waals surface area contributed by atoms with Crippen molar-refractivity contribution in [1.29, 1.82) is 0 Å². The lowest BCUT2D eigenvalue weighted by molar-refractivity contribution is -0.142. The summed E-state index contributed by atoms with van der Waals surface area (Å²) in [6.07, 6.45) is -0.316. The van der Waals surface area contributed by atoms with Gasteiger partial charge in [0.2, 0.25) is 0 Å². The molecule has 0 aliphatic rings.